The van der Waals surface area contributed by atoms with Crippen LogP contribution in [0.4, 0.5) is 5.95 Å². The highest BCUT2D eigenvalue weighted by Crippen LogP contribution is 2.32. The number of hydrogen-bond acceptors (Lipinski definition) is 4. The summed E-state index contributed by atoms with van der Waals surface area (Å²) in [6, 6.07) is 9.33. The average molecular weight is 384 g/mol. The van der Waals surface area contributed by atoms with Crippen LogP contribution in [0.1, 0.15) is 41.4 Å². The second-order valence-corrected chi connectivity index (χ2v) is 7.31. The Morgan fingerprint density at radius 2 is 2.22 bits per heavy atom. The van der Waals surface area contributed by atoms with Crippen molar-refractivity contribution in [3.63, 3.8) is 0 Å². The van der Waals surface area contributed by atoms with Gasteiger partial charge in [-0.05, 0) is 50.6 Å². The Bertz CT molecular complexity index is 976. The standard InChI is InChI=1S/C20H22ClN5O/c1-13-11-14(8-10-23-13)19(27)25-20-24-17-7-4-6-16(21)18(17)26(20)15-5-2-3-9-22-12-15/h4,6-8,10-11,15,22H,2-3,5,9,12H2,1H3,(H,24,25,27)/t15-/m1/s1. The third kappa shape index (κ3) is 3.68. The second kappa shape index (κ2) is 7.66. The fourth-order valence-corrected chi connectivity index (χ4v) is 3.89. The van der Waals surface area contributed by atoms with Crippen LogP contribution in [0.15, 0.2) is 36.5 Å². The van der Waals surface area contributed by atoms with Crippen LogP contribution >= 0.6 is 11.6 Å². The Morgan fingerprint density at radius 1 is 1.33 bits per heavy atom. The molecule has 1 aliphatic rings. The van der Waals surface area contributed by atoms with Crippen LogP contribution in [0.25, 0.3) is 11.0 Å². The maximum Gasteiger partial charge on any atom is 0.258 e. The van der Waals surface area contributed by atoms with E-state index in [4.69, 9.17) is 11.6 Å². The molecule has 1 atom stereocenters. The Balaban J connectivity index is 1.76. The molecule has 3 heterocycles. The molecule has 1 saturated heterocycles. The molecule has 1 aromatic carbocycles. The molecule has 6 nitrogen and oxygen atoms in total. The van der Waals surface area contributed by atoms with E-state index in [1.54, 1.807) is 18.3 Å². The molecule has 0 spiro atoms. The van der Waals surface area contributed by atoms with E-state index in [9.17, 15) is 4.79 Å². The van der Waals surface area contributed by atoms with E-state index in [2.05, 4.69) is 25.2 Å². The molecule has 0 bridgehead atoms. The highest BCUT2D eigenvalue weighted by Gasteiger charge is 2.23. The monoisotopic (exact) mass is 383 g/mol. The largest absolute Gasteiger partial charge is 0.315 e. The number of fused-ring (bicyclic) bond motifs is 1. The van der Waals surface area contributed by atoms with Gasteiger partial charge >= 0.3 is 0 Å². The normalized spacial score (nSPS) is 17.6. The molecule has 0 saturated carbocycles. The number of carbonyl (C=O) groups is 1. The SMILES string of the molecule is Cc1cc(C(=O)Nc2nc3cccc(Cl)c3n2[C@@H]2CCCCNC2)ccn1. The van der Waals surface area contributed by atoms with Crippen LogP contribution in [0, 0.1) is 6.92 Å². The summed E-state index contributed by atoms with van der Waals surface area (Å²) in [6.07, 6.45) is 4.92. The molecular formula is C20H22ClN5O. The fourth-order valence-electron chi connectivity index (χ4n) is 3.63. The van der Waals surface area contributed by atoms with Crippen LogP contribution in [-0.4, -0.2) is 33.5 Å². The van der Waals surface area contributed by atoms with Crippen LogP contribution in [-0.2, 0) is 0 Å². The van der Waals surface area contributed by atoms with E-state index in [0.717, 1.165) is 49.1 Å². The number of pyridine rings is 1. The number of aryl methyl sites for hydroxylation is 1. The number of hydrogen-bond donors (Lipinski definition) is 2. The third-order valence-corrected chi connectivity index (χ3v) is 5.24. The van der Waals surface area contributed by atoms with Crippen molar-refractivity contribution in [1.82, 2.24) is 19.9 Å². The molecular weight excluding hydrogens is 362 g/mol. The molecule has 1 amide bonds. The van der Waals surface area contributed by atoms with Gasteiger partial charge in [0.05, 0.1) is 16.1 Å². The van der Waals surface area contributed by atoms with Gasteiger partial charge in [-0.3, -0.25) is 15.1 Å². The Morgan fingerprint density at radius 3 is 3.07 bits per heavy atom. The molecule has 0 aliphatic carbocycles. The quantitative estimate of drug-likeness (QED) is 0.718. The summed E-state index contributed by atoms with van der Waals surface area (Å²) in [5.41, 5.74) is 3.01. The summed E-state index contributed by atoms with van der Waals surface area (Å²) in [5.74, 6) is 0.334. The second-order valence-electron chi connectivity index (χ2n) is 6.91. The summed E-state index contributed by atoms with van der Waals surface area (Å²) >= 11 is 6.51. The van der Waals surface area contributed by atoms with Crippen molar-refractivity contribution in [3.8, 4) is 0 Å². The lowest BCUT2D eigenvalue weighted by Gasteiger charge is -2.20. The van der Waals surface area contributed by atoms with Crippen molar-refractivity contribution in [2.75, 3.05) is 18.4 Å². The van der Waals surface area contributed by atoms with Gasteiger partial charge in [0, 0.05) is 30.0 Å². The highest BCUT2D eigenvalue weighted by atomic mass is 35.5. The first-order valence-corrected chi connectivity index (χ1v) is 9.62. The lowest BCUT2D eigenvalue weighted by atomic mass is 10.1. The first-order chi connectivity index (χ1) is 13.1. The number of anilines is 1. The van der Waals surface area contributed by atoms with Crippen molar-refractivity contribution in [2.24, 2.45) is 0 Å². The molecule has 1 aliphatic heterocycles. The minimum absolute atomic E-state index is 0.187. The van der Waals surface area contributed by atoms with Gasteiger partial charge in [-0.1, -0.05) is 24.1 Å². The molecule has 7 heteroatoms. The van der Waals surface area contributed by atoms with Gasteiger partial charge in [0.15, 0.2) is 0 Å². The fraction of sp³-hybridized carbons (Fsp3) is 0.350. The number of nitrogens with zero attached hydrogens (tertiary/aromatic N) is 3. The minimum Gasteiger partial charge on any atom is -0.315 e. The molecule has 27 heavy (non-hydrogen) atoms. The zero-order valence-electron chi connectivity index (χ0n) is 15.2. The smallest absolute Gasteiger partial charge is 0.258 e. The minimum atomic E-state index is -0.199. The van der Waals surface area contributed by atoms with Crippen LogP contribution < -0.4 is 10.6 Å². The van der Waals surface area contributed by atoms with Gasteiger partial charge < -0.3 is 9.88 Å². The number of imidazole rings is 1. The zero-order valence-corrected chi connectivity index (χ0v) is 16.0. The van der Waals surface area contributed by atoms with E-state index < -0.39 is 0 Å². The number of nitrogens with one attached hydrogen (secondary N) is 2. The summed E-state index contributed by atoms with van der Waals surface area (Å²) in [4.78, 5) is 21.6. The Hall–Kier alpha value is -2.44. The van der Waals surface area contributed by atoms with E-state index in [-0.39, 0.29) is 11.9 Å². The number of carbonyl (C=O) groups excluding carboxylic acids is 1. The van der Waals surface area contributed by atoms with Crippen molar-refractivity contribution in [2.45, 2.75) is 32.2 Å². The molecule has 3 aromatic rings. The van der Waals surface area contributed by atoms with Gasteiger partial charge in [-0.15, -0.1) is 0 Å². The van der Waals surface area contributed by atoms with Crippen molar-refractivity contribution >= 4 is 34.5 Å². The maximum atomic E-state index is 12.8. The molecule has 140 valence electrons. The predicted octanol–water partition coefficient (Wildman–Crippen LogP) is 3.96. The first-order valence-electron chi connectivity index (χ1n) is 9.24. The number of amides is 1. The maximum absolute atomic E-state index is 12.8. The molecule has 2 aromatic heterocycles. The molecule has 0 radical (unpaired) electrons. The number of para-hydroxylation sites is 1. The number of rotatable bonds is 3. The van der Waals surface area contributed by atoms with Gasteiger partial charge in [0.2, 0.25) is 5.95 Å². The summed E-state index contributed by atoms with van der Waals surface area (Å²) in [5, 5.41) is 7.11. The van der Waals surface area contributed by atoms with Crippen molar-refractivity contribution < 1.29 is 4.79 Å². The molecule has 1 fully saturated rings. The lowest BCUT2D eigenvalue weighted by Crippen LogP contribution is -2.25. The van der Waals surface area contributed by atoms with E-state index in [0.29, 0.717) is 16.5 Å². The molecule has 4 rings (SSSR count). The van der Waals surface area contributed by atoms with Gasteiger partial charge in [-0.25, -0.2) is 4.98 Å². The summed E-state index contributed by atoms with van der Waals surface area (Å²) in [7, 11) is 0. The third-order valence-electron chi connectivity index (χ3n) is 4.93. The highest BCUT2D eigenvalue weighted by molar-refractivity contribution is 6.35. The van der Waals surface area contributed by atoms with E-state index in [1.807, 2.05) is 25.1 Å². The number of halogens is 1. The van der Waals surface area contributed by atoms with Crippen LogP contribution in [0.2, 0.25) is 5.02 Å². The van der Waals surface area contributed by atoms with Gasteiger partial charge in [0.25, 0.3) is 5.91 Å². The van der Waals surface area contributed by atoms with Crippen LogP contribution in [0.5, 0.6) is 0 Å². The summed E-state index contributed by atoms with van der Waals surface area (Å²) in [6.45, 7) is 3.70. The first kappa shape index (κ1) is 17.9. The molecule has 2 N–H and O–H groups in total. The Kier molecular flexibility index (Phi) is 5.09. The van der Waals surface area contributed by atoms with Gasteiger partial charge in [-0.2, -0.15) is 0 Å². The van der Waals surface area contributed by atoms with Crippen LogP contribution in [0.3, 0.4) is 0 Å². The number of aromatic nitrogens is 3. The molecule has 0 unspecified atom stereocenters. The zero-order chi connectivity index (χ0) is 18.8. The Labute approximate surface area is 163 Å². The average Bonchev–Trinajstić information content (AvgIpc) is 2.83. The topological polar surface area (TPSA) is 71.8 Å². The van der Waals surface area contributed by atoms with E-state index >= 15 is 0 Å². The summed E-state index contributed by atoms with van der Waals surface area (Å²) < 4.78 is 2.09. The van der Waals surface area contributed by atoms with Crippen molar-refractivity contribution in [3.05, 3.63) is 52.8 Å². The van der Waals surface area contributed by atoms with Gasteiger partial charge in [0.1, 0.15) is 0 Å². The van der Waals surface area contributed by atoms with E-state index in [1.165, 1.54) is 0 Å². The predicted molar refractivity (Wildman–Crippen MR) is 107 cm³/mol. The number of benzene rings is 1. The van der Waals surface area contributed by atoms with Crippen molar-refractivity contribution in [1.29, 1.82) is 0 Å². The lowest BCUT2D eigenvalue weighted by molar-refractivity contribution is 0.102.